The average molecular weight is 291 g/mol. The maximum absolute atomic E-state index is 12.0. The van der Waals surface area contributed by atoms with Gasteiger partial charge in [0.1, 0.15) is 10.9 Å². The summed E-state index contributed by atoms with van der Waals surface area (Å²) in [7, 11) is -3.36. The number of nitrogens with one attached hydrogen (secondary N) is 1. The highest BCUT2D eigenvalue weighted by Crippen LogP contribution is 2.09. The molecule has 19 heavy (non-hydrogen) atoms. The van der Waals surface area contributed by atoms with Crippen molar-refractivity contribution in [3.63, 3.8) is 0 Å². The van der Waals surface area contributed by atoms with Gasteiger partial charge in [-0.1, -0.05) is 60.7 Å². The molecule has 0 aliphatic carbocycles. The van der Waals surface area contributed by atoms with Crippen LogP contribution in [0.15, 0.2) is 65.6 Å². The van der Waals surface area contributed by atoms with E-state index in [4.69, 9.17) is 12.2 Å². The molecule has 0 aliphatic rings. The van der Waals surface area contributed by atoms with Crippen molar-refractivity contribution in [2.45, 2.75) is 4.90 Å². The number of thiocarbonyl (C=S) groups is 1. The highest BCUT2D eigenvalue weighted by Gasteiger charge is 2.14. The van der Waals surface area contributed by atoms with Crippen molar-refractivity contribution in [3.05, 3.63) is 66.2 Å². The first-order valence-electron chi connectivity index (χ1n) is 5.71. The number of hydrogen-bond acceptors (Lipinski definition) is 3. The Morgan fingerprint density at radius 3 is 2.05 bits per heavy atom. The van der Waals surface area contributed by atoms with Crippen molar-refractivity contribution in [2.75, 3.05) is 5.88 Å². The molecule has 0 radical (unpaired) electrons. The fraction of sp³-hybridized carbons (Fsp3) is 0.0714. The second-order valence-electron chi connectivity index (χ2n) is 3.94. The van der Waals surface area contributed by atoms with E-state index in [1.165, 1.54) is 0 Å². The third-order valence-corrected chi connectivity index (χ3v) is 4.46. The van der Waals surface area contributed by atoms with Gasteiger partial charge in [0.05, 0.1) is 4.90 Å². The molecule has 0 saturated heterocycles. The van der Waals surface area contributed by atoms with E-state index >= 15 is 0 Å². The summed E-state index contributed by atoms with van der Waals surface area (Å²) in [6.07, 6.45) is 0. The zero-order valence-electron chi connectivity index (χ0n) is 10.1. The summed E-state index contributed by atoms with van der Waals surface area (Å²) in [5.74, 6) is -0.204. The van der Waals surface area contributed by atoms with E-state index in [0.29, 0.717) is 9.88 Å². The first-order valence-corrected chi connectivity index (χ1v) is 7.77. The molecule has 0 unspecified atom stereocenters. The van der Waals surface area contributed by atoms with Crippen LogP contribution in [0.5, 0.6) is 0 Å². The lowest BCUT2D eigenvalue weighted by Gasteiger charge is -2.09. The van der Waals surface area contributed by atoms with Gasteiger partial charge >= 0.3 is 0 Å². The number of hydrogen-bond donors (Lipinski definition) is 1. The van der Waals surface area contributed by atoms with Crippen LogP contribution >= 0.6 is 12.2 Å². The molecule has 0 heterocycles. The molecule has 0 aromatic heterocycles. The van der Waals surface area contributed by atoms with E-state index in [1.54, 1.807) is 30.3 Å². The van der Waals surface area contributed by atoms with Gasteiger partial charge in [0.25, 0.3) is 0 Å². The monoisotopic (exact) mass is 291 g/mol. The molecule has 0 fully saturated rings. The van der Waals surface area contributed by atoms with Crippen molar-refractivity contribution >= 4 is 27.0 Å². The summed E-state index contributed by atoms with van der Waals surface area (Å²) < 4.78 is 24.1. The lowest BCUT2D eigenvalue weighted by atomic mass is 10.2. The molecule has 2 aromatic rings. The van der Waals surface area contributed by atoms with Gasteiger partial charge in [-0.3, -0.25) is 0 Å². The molecule has 0 saturated carbocycles. The Bertz CT molecular complexity index is 652. The number of sulfone groups is 1. The van der Waals surface area contributed by atoms with Gasteiger partial charge in [0.15, 0.2) is 9.84 Å². The predicted molar refractivity (Wildman–Crippen MR) is 79.8 cm³/mol. The third kappa shape index (κ3) is 3.62. The Balaban J connectivity index is 2.05. The zero-order valence-corrected chi connectivity index (χ0v) is 11.7. The van der Waals surface area contributed by atoms with Crippen LogP contribution in [0.25, 0.3) is 0 Å². The van der Waals surface area contributed by atoms with Crippen molar-refractivity contribution in [1.29, 1.82) is 0 Å². The highest BCUT2D eigenvalue weighted by atomic mass is 32.2. The highest BCUT2D eigenvalue weighted by molar-refractivity contribution is 7.91. The molecular weight excluding hydrogens is 278 g/mol. The Morgan fingerprint density at radius 2 is 1.47 bits per heavy atom. The van der Waals surface area contributed by atoms with Gasteiger partial charge in [-0.25, -0.2) is 8.42 Å². The standard InChI is InChI=1S/C14H13NO2S2/c16-19(17,13-9-5-2-6-10-13)11-15-14(18)12-7-3-1-4-8-12/h1-10H,11H2,(H,15,18). The Hall–Kier alpha value is -1.72. The fourth-order valence-electron chi connectivity index (χ4n) is 1.56. The molecule has 1 N–H and O–H groups in total. The summed E-state index contributed by atoms with van der Waals surface area (Å²) in [6.45, 7) is 0. The minimum Gasteiger partial charge on any atom is -0.362 e. The summed E-state index contributed by atoms with van der Waals surface area (Å²) in [5.41, 5.74) is 0.806. The molecule has 0 atom stereocenters. The van der Waals surface area contributed by atoms with E-state index < -0.39 is 9.84 Å². The molecule has 98 valence electrons. The minimum absolute atomic E-state index is 0.204. The van der Waals surface area contributed by atoms with Crippen LogP contribution in [0, 0.1) is 0 Å². The molecule has 3 nitrogen and oxygen atoms in total. The zero-order chi connectivity index (χ0) is 13.7. The molecule has 5 heteroatoms. The second kappa shape index (κ2) is 5.95. The minimum atomic E-state index is -3.36. The summed E-state index contributed by atoms with van der Waals surface area (Å²) in [4.78, 5) is 0.721. The Kier molecular flexibility index (Phi) is 4.29. The van der Waals surface area contributed by atoms with Gasteiger partial charge in [-0.05, 0) is 12.1 Å². The van der Waals surface area contributed by atoms with Gasteiger partial charge in [-0.15, -0.1) is 0 Å². The van der Waals surface area contributed by atoms with Crippen molar-refractivity contribution in [1.82, 2.24) is 5.32 Å². The van der Waals surface area contributed by atoms with E-state index in [0.717, 1.165) is 5.56 Å². The molecule has 0 aliphatic heterocycles. The molecule has 0 bridgehead atoms. The number of rotatable bonds is 4. The molecule has 2 rings (SSSR count). The van der Waals surface area contributed by atoms with Crippen LogP contribution in [-0.2, 0) is 9.84 Å². The quantitative estimate of drug-likeness (QED) is 0.879. The smallest absolute Gasteiger partial charge is 0.196 e. The number of benzene rings is 2. The van der Waals surface area contributed by atoms with Crippen LogP contribution in [0.1, 0.15) is 5.56 Å². The molecular formula is C14H13NO2S2. The predicted octanol–water partition coefficient (Wildman–Crippen LogP) is 2.38. The maximum atomic E-state index is 12.0. The maximum Gasteiger partial charge on any atom is 0.196 e. The van der Waals surface area contributed by atoms with E-state index in [2.05, 4.69) is 5.32 Å². The third-order valence-electron chi connectivity index (χ3n) is 2.56. The summed E-state index contributed by atoms with van der Waals surface area (Å²) >= 11 is 5.16. The van der Waals surface area contributed by atoms with Gasteiger partial charge in [0, 0.05) is 5.56 Å². The van der Waals surface area contributed by atoms with Crippen molar-refractivity contribution in [2.24, 2.45) is 0 Å². The van der Waals surface area contributed by atoms with Gasteiger partial charge in [-0.2, -0.15) is 0 Å². The van der Waals surface area contributed by atoms with Crippen LogP contribution < -0.4 is 5.32 Å². The summed E-state index contributed by atoms with van der Waals surface area (Å²) in [6, 6.07) is 17.6. The van der Waals surface area contributed by atoms with E-state index in [1.807, 2.05) is 30.3 Å². The van der Waals surface area contributed by atoms with Crippen LogP contribution in [0.4, 0.5) is 0 Å². The SMILES string of the molecule is O=S(=O)(CNC(=S)c1ccccc1)c1ccccc1. The topological polar surface area (TPSA) is 46.2 Å². The van der Waals surface area contributed by atoms with Crippen LogP contribution in [0.2, 0.25) is 0 Å². The Labute approximate surface area is 118 Å². The van der Waals surface area contributed by atoms with Gasteiger partial charge in [0.2, 0.25) is 0 Å². The van der Waals surface area contributed by atoms with E-state index in [9.17, 15) is 8.42 Å². The van der Waals surface area contributed by atoms with Crippen molar-refractivity contribution in [3.8, 4) is 0 Å². The lowest BCUT2D eigenvalue weighted by Crippen LogP contribution is -2.28. The fourth-order valence-corrected chi connectivity index (χ4v) is 2.94. The first-order chi connectivity index (χ1) is 9.09. The summed E-state index contributed by atoms with van der Waals surface area (Å²) in [5, 5.41) is 2.78. The van der Waals surface area contributed by atoms with Gasteiger partial charge < -0.3 is 5.32 Å². The second-order valence-corrected chi connectivity index (χ2v) is 6.34. The van der Waals surface area contributed by atoms with Crippen molar-refractivity contribution < 1.29 is 8.42 Å². The normalized spacial score (nSPS) is 10.9. The van der Waals surface area contributed by atoms with E-state index in [-0.39, 0.29) is 5.88 Å². The molecule has 0 amide bonds. The first kappa shape index (κ1) is 13.7. The lowest BCUT2D eigenvalue weighted by molar-refractivity contribution is 0.594. The largest absolute Gasteiger partial charge is 0.362 e. The molecule has 0 spiro atoms. The average Bonchev–Trinajstić information content (AvgIpc) is 2.47. The van der Waals surface area contributed by atoms with Crippen LogP contribution in [0.3, 0.4) is 0 Å². The Morgan fingerprint density at radius 1 is 0.947 bits per heavy atom. The molecule has 2 aromatic carbocycles. The van der Waals surface area contributed by atoms with Crippen LogP contribution in [-0.4, -0.2) is 19.3 Å².